The summed E-state index contributed by atoms with van der Waals surface area (Å²) in [6, 6.07) is 2.41. The minimum absolute atomic E-state index is 0.00574. The molecule has 0 radical (unpaired) electrons. The van der Waals surface area contributed by atoms with Crippen LogP contribution in [-0.4, -0.2) is 30.6 Å². The van der Waals surface area contributed by atoms with E-state index in [-0.39, 0.29) is 12.2 Å². The summed E-state index contributed by atoms with van der Waals surface area (Å²) in [5.41, 5.74) is -0.963. The highest BCUT2D eigenvalue weighted by Crippen LogP contribution is 2.32. The van der Waals surface area contributed by atoms with Gasteiger partial charge in [-0.05, 0) is 12.1 Å². The van der Waals surface area contributed by atoms with Gasteiger partial charge in [0.2, 0.25) is 0 Å². The molecule has 110 valence electrons. The Kier molecular flexibility index (Phi) is 3.33. The molecule has 2 unspecified atom stereocenters. The van der Waals surface area contributed by atoms with Gasteiger partial charge in [0.15, 0.2) is 0 Å². The first-order chi connectivity index (χ1) is 9.88. The van der Waals surface area contributed by atoms with E-state index in [1.165, 1.54) is 0 Å². The first kappa shape index (κ1) is 14.2. The molecule has 3 rings (SSSR count). The third-order valence-corrected chi connectivity index (χ3v) is 5.25. The first-order valence-corrected chi connectivity index (χ1v) is 8.08. The molecule has 1 aliphatic heterocycles. The fourth-order valence-corrected chi connectivity index (χ4v) is 4.61. The van der Waals surface area contributed by atoms with Crippen molar-refractivity contribution in [1.82, 2.24) is 9.55 Å². The number of hydrogen-bond acceptors (Lipinski definition) is 4. The molecular weight excluding hydrogens is 364 g/mol. The Bertz CT molecular complexity index is 916. The second-order valence-electron chi connectivity index (χ2n) is 4.69. The lowest BCUT2D eigenvalue weighted by Crippen LogP contribution is -2.42. The summed E-state index contributed by atoms with van der Waals surface area (Å²) < 4.78 is 14.1. The molecular formula is C12H9BrN2O5S. The van der Waals surface area contributed by atoms with Gasteiger partial charge in [-0.2, -0.15) is 0 Å². The largest absolute Gasteiger partial charge is 0.481 e. The maximum absolute atomic E-state index is 12.3. The first-order valence-electron chi connectivity index (χ1n) is 5.96. The van der Waals surface area contributed by atoms with Gasteiger partial charge in [0.25, 0.3) is 0 Å². The van der Waals surface area contributed by atoms with Gasteiger partial charge in [0, 0.05) is 10.2 Å². The summed E-state index contributed by atoms with van der Waals surface area (Å²) in [4.78, 5) is 37.6. The summed E-state index contributed by atoms with van der Waals surface area (Å²) in [5, 5.41) is 8.95. The van der Waals surface area contributed by atoms with Crippen LogP contribution in [0.5, 0.6) is 0 Å². The second kappa shape index (κ2) is 4.92. The molecule has 0 spiro atoms. The number of carboxylic acids is 1. The molecule has 1 aromatic carbocycles. The fraction of sp³-hybridized carbons (Fsp3) is 0.250. The van der Waals surface area contributed by atoms with Crippen molar-refractivity contribution in [2.24, 2.45) is 0 Å². The van der Waals surface area contributed by atoms with Crippen molar-refractivity contribution < 1.29 is 14.1 Å². The molecule has 0 aliphatic carbocycles. The number of nitrogens with zero attached hydrogens (tertiary/aromatic N) is 1. The molecule has 1 aromatic heterocycles. The summed E-state index contributed by atoms with van der Waals surface area (Å²) in [6.45, 7) is 0. The summed E-state index contributed by atoms with van der Waals surface area (Å²) in [7, 11) is -1.44. The third-order valence-electron chi connectivity index (χ3n) is 3.31. The van der Waals surface area contributed by atoms with Crippen LogP contribution in [-0.2, 0) is 15.6 Å². The van der Waals surface area contributed by atoms with Crippen molar-refractivity contribution in [2.75, 3.05) is 5.75 Å². The molecule has 2 atom stereocenters. The Morgan fingerprint density at radius 1 is 1.48 bits per heavy atom. The average Bonchev–Trinajstić information content (AvgIpc) is 2.37. The molecule has 0 amide bonds. The van der Waals surface area contributed by atoms with Crippen molar-refractivity contribution in [3.63, 3.8) is 0 Å². The number of carboxylic acid groups (broad SMARTS) is 1. The highest BCUT2D eigenvalue weighted by atomic mass is 79.9. The zero-order chi connectivity index (χ0) is 15.3. The molecule has 0 fully saturated rings. The molecule has 21 heavy (non-hydrogen) atoms. The molecule has 1 aliphatic rings. The molecule has 2 heterocycles. The van der Waals surface area contributed by atoms with E-state index < -0.39 is 33.9 Å². The number of rotatable bonds is 2. The van der Waals surface area contributed by atoms with Gasteiger partial charge in [0.1, 0.15) is 0 Å². The number of carbonyl (C=O) groups is 1. The van der Waals surface area contributed by atoms with Gasteiger partial charge in [0.05, 0.1) is 39.2 Å². The smallest absolute Gasteiger partial charge is 0.317 e. The number of aromatic amines is 1. The van der Waals surface area contributed by atoms with Crippen LogP contribution in [0.25, 0.3) is 11.0 Å². The van der Waals surface area contributed by atoms with E-state index in [0.717, 1.165) is 4.57 Å². The number of nitrogens with one attached hydrogen (secondary N) is 1. The van der Waals surface area contributed by atoms with E-state index in [1.807, 2.05) is 0 Å². The molecule has 0 bridgehead atoms. The summed E-state index contributed by atoms with van der Waals surface area (Å²) in [5.74, 6) is -1.12. The maximum Gasteiger partial charge on any atom is 0.317 e. The van der Waals surface area contributed by atoms with Gasteiger partial charge in [-0.25, -0.2) is 0 Å². The van der Waals surface area contributed by atoms with Crippen LogP contribution in [0.2, 0.25) is 0 Å². The zero-order valence-corrected chi connectivity index (χ0v) is 12.9. The standard InChI is InChI=1S/C12H9BrN2O5S/c13-5-1-7-10-8(2-5)21(20)4-6(3-9(16)17)15(10)12(19)11(18)14-7/h1-2,6H,3-4H2,(H,14,18)(H,16,17). The van der Waals surface area contributed by atoms with Gasteiger partial charge in [-0.3, -0.25) is 23.2 Å². The van der Waals surface area contributed by atoms with Gasteiger partial charge >= 0.3 is 17.1 Å². The minimum atomic E-state index is -1.44. The number of halogens is 1. The van der Waals surface area contributed by atoms with Crippen molar-refractivity contribution in [2.45, 2.75) is 17.4 Å². The van der Waals surface area contributed by atoms with Crippen LogP contribution < -0.4 is 11.1 Å². The van der Waals surface area contributed by atoms with E-state index in [0.29, 0.717) is 20.4 Å². The summed E-state index contributed by atoms with van der Waals surface area (Å²) >= 11 is 3.26. The van der Waals surface area contributed by atoms with Gasteiger partial charge < -0.3 is 10.1 Å². The van der Waals surface area contributed by atoms with Crippen molar-refractivity contribution in [3.05, 3.63) is 37.3 Å². The normalized spacial score (nSPS) is 20.6. The lowest BCUT2D eigenvalue weighted by molar-refractivity contribution is -0.137. The van der Waals surface area contributed by atoms with E-state index in [4.69, 9.17) is 5.11 Å². The predicted molar refractivity (Wildman–Crippen MR) is 79.1 cm³/mol. The van der Waals surface area contributed by atoms with E-state index in [2.05, 4.69) is 20.9 Å². The topological polar surface area (TPSA) is 109 Å². The second-order valence-corrected chi connectivity index (χ2v) is 7.07. The summed E-state index contributed by atoms with van der Waals surface area (Å²) in [6.07, 6.45) is -0.361. The zero-order valence-electron chi connectivity index (χ0n) is 10.5. The van der Waals surface area contributed by atoms with Crippen LogP contribution in [0.15, 0.2) is 31.1 Å². The highest BCUT2D eigenvalue weighted by Gasteiger charge is 2.30. The molecule has 7 nitrogen and oxygen atoms in total. The third kappa shape index (κ3) is 2.26. The quantitative estimate of drug-likeness (QED) is 0.749. The molecule has 2 aromatic rings. The number of aromatic nitrogens is 2. The van der Waals surface area contributed by atoms with E-state index in [9.17, 15) is 18.6 Å². The number of H-pyrrole nitrogens is 1. The number of aliphatic carboxylic acids is 1. The average molecular weight is 373 g/mol. The lowest BCUT2D eigenvalue weighted by atomic mass is 10.2. The van der Waals surface area contributed by atoms with E-state index in [1.54, 1.807) is 12.1 Å². The highest BCUT2D eigenvalue weighted by molar-refractivity contribution is 9.10. The molecule has 2 N–H and O–H groups in total. The van der Waals surface area contributed by atoms with Crippen LogP contribution in [0.3, 0.4) is 0 Å². The van der Waals surface area contributed by atoms with Crippen molar-refractivity contribution in [1.29, 1.82) is 0 Å². The number of benzene rings is 1. The minimum Gasteiger partial charge on any atom is -0.481 e. The lowest BCUT2D eigenvalue weighted by Gasteiger charge is -2.26. The van der Waals surface area contributed by atoms with E-state index >= 15 is 0 Å². The van der Waals surface area contributed by atoms with Crippen LogP contribution in [0.4, 0.5) is 0 Å². The van der Waals surface area contributed by atoms with Crippen LogP contribution >= 0.6 is 15.9 Å². The Morgan fingerprint density at radius 2 is 2.19 bits per heavy atom. The molecule has 0 saturated heterocycles. The van der Waals surface area contributed by atoms with Crippen molar-refractivity contribution in [3.8, 4) is 0 Å². The molecule has 9 heteroatoms. The Balaban J connectivity index is 2.46. The Labute approximate surface area is 128 Å². The van der Waals surface area contributed by atoms with Crippen LogP contribution in [0.1, 0.15) is 12.5 Å². The number of hydrogen-bond donors (Lipinski definition) is 2. The predicted octanol–water partition coefficient (Wildman–Crippen LogP) is 0.589. The van der Waals surface area contributed by atoms with Gasteiger partial charge in [-0.1, -0.05) is 15.9 Å². The Morgan fingerprint density at radius 3 is 2.86 bits per heavy atom. The fourth-order valence-electron chi connectivity index (χ4n) is 2.52. The SMILES string of the molecule is O=C(O)CC1CS(=O)c2cc(Br)cc3[nH]c(=O)c(=O)n1c23. The van der Waals surface area contributed by atoms with Gasteiger partial charge in [-0.15, -0.1) is 0 Å². The Hall–Kier alpha value is -1.74. The van der Waals surface area contributed by atoms with Crippen molar-refractivity contribution >= 4 is 43.7 Å². The van der Waals surface area contributed by atoms with Crippen LogP contribution in [0, 0.1) is 0 Å². The molecule has 0 saturated carbocycles. The monoisotopic (exact) mass is 372 g/mol. The maximum atomic E-state index is 12.3.